The average molecular weight is 530 g/mol. The van der Waals surface area contributed by atoms with Crippen LogP contribution in [0.2, 0.25) is 0 Å². The average Bonchev–Trinajstić information content (AvgIpc) is 2.86. The Balaban J connectivity index is 1.95. The number of phenolic OH excluding ortho intramolecular Hbond substituents is 2. The normalized spacial score (nSPS) is 13.0. The number of rotatable bonds is 14. The number of carboxylic acid groups (broad SMARTS) is 1. The minimum Gasteiger partial charge on any atom is -0.508 e. The minimum atomic E-state index is -1.30. The predicted octanol–water partition coefficient (Wildman–Crippen LogP) is -1.35. The summed E-state index contributed by atoms with van der Waals surface area (Å²) in [5.41, 5.74) is 12.3. The Labute approximate surface area is 218 Å². The molecule has 0 aliphatic heterocycles. The molecular weight excluding hydrogens is 498 g/mol. The molecule has 10 N–H and O–H groups in total. The van der Waals surface area contributed by atoms with Gasteiger partial charge in [-0.15, -0.1) is 0 Å². The zero-order valence-corrected chi connectivity index (χ0v) is 20.4. The summed E-state index contributed by atoms with van der Waals surface area (Å²) in [7, 11) is 0. The third kappa shape index (κ3) is 10.1. The van der Waals surface area contributed by atoms with E-state index in [4.69, 9.17) is 11.5 Å². The van der Waals surface area contributed by atoms with E-state index in [1.54, 1.807) is 12.1 Å². The molecule has 4 amide bonds. The Bertz CT molecular complexity index is 1140. The molecule has 0 radical (unpaired) electrons. The lowest BCUT2D eigenvalue weighted by Gasteiger charge is -2.21. The van der Waals surface area contributed by atoms with Gasteiger partial charge in [-0.2, -0.15) is 0 Å². The molecule has 13 heteroatoms. The highest BCUT2D eigenvalue weighted by atomic mass is 16.4. The van der Waals surface area contributed by atoms with Crippen LogP contribution >= 0.6 is 0 Å². The summed E-state index contributed by atoms with van der Waals surface area (Å²) in [6.07, 6.45) is -0.341. The number of benzene rings is 2. The van der Waals surface area contributed by atoms with Crippen molar-refractivity contribution in [2.45, 2.75) is 43.8 Å². The van der Waals surface area contributed by atoms with Crippen LogP contribution in [0, 0.1) is 0 Å². The number of aliphatic carboxylic acids is 1. The standard InChI is InChI=1S/C25H31N5O8/c26-18(11-14-1-5-16(31)6-2-14)23(35)30-19(9-10-21(27)33)24(36)28-13-22(34)29-20(25(37)38)12-15-3-7-17(32)8-4-15/h1-8,18-20,31-32H,9-13,26H2,(H2,27,33)(H,28,36)(H,29,34)(H,30,35)(H,37,38). The van der Waals surface area contributed by atoms with Crippen molar-refractivity contribution in [3.8, 4) is 11.5 Å². The van der Waals surface area contributed by atoms with Crippen molar-refractivity contribution in [1.29, 1.82) is 0 Å². The summed E-state index contributed by atoms with van der Waals surface area (Å²) in [5.74, 6) is -4.23. The number of hydrogen-bond acceptors (Lipinski definition) is 8. The van der Waals surface area contributed by atoms with E-state index < -0.39 is 54.3 Å². The van der Waals surface area contributed by atoms with E-state index >= 15 is 0 Å². The van der Waals surface area contributed by atoms with E-state index in [9.17, 15) is 39.3 Å². The lowest BCUT2D eigenvalue weighted by atomic mass is 10.0. The topological polar surface area (TPSA) is 234 Å². The van der Waals surface area contributed by atoms with E-state index in [-0.39, 0.29) is 37.2 Å². The summed E-state index contributed by atoms with van der Waals surface area (Å²) in [4.78, 5) is 60.4. The highest BCUT2D eigenvalue weighted by Crippen LogP contribution is 2.12. The maximum absolute atomic E-state index is 12.7. The minimum absolute atomic E-state index is 0.00617. The number of aromatic hydroxyl groups is 2. The van der Waals surface area contributed by atoms with Gasteiger partial charge in [0.05, 0.1) is 12.6 Å². The number of phenols is 2. The van der Waals surface area contributed by atoms with Crippen molar-refractivity contribution in [3.63, 3.8) is 0 Å². The first-order valence-electron chi connectivity index (χ1n) is 11.6. The van der Waals surface area contributed by atoms with Crippen LogP contribution in [0.5, 0.6) is 11.5 Å². The molecule has 0 saturated heterocycles. The maximum atomic E-state index is 12.7. The van der Waals surface area contributed by atoms with Crippen LogP contribution in [-0.4, -0.2) is 69.6 Å². The molecule has 0 aliphatic rings. The monoisotopic (exact) mass is 529 g/mol. The highest BCUT2D eigenvalue weighted by molar-refractivity contribution is 5.93. The van der Waals surface area contributed by atoms with Gasteiger partial charge in [0.15, 0.2) is 0 Å². The Hall–Kier alpha value is -4.65. The molecule has 204 valence electrons. The second-order valence-electron chi connectivity index (χ2n) is 8.59. The Kier molecular flexibility index (Phi) is 11.0. The predicted molar refractivity (Wildman–Crippen MR) is 135 cm³/mol. The fourth-order valence-corrected chi connectivity index (χ4v) is 3.42. The summed E-state index contributed by atoms with van der Waals surface area (Å²) in [6, 6.07) is 8.25. The van der Waals surface area contributed by atoms with E-state index in [2.05, 4.69) is 16.0 Å². The van der Waals surface area contributed by atoms with Crippen molar-refractivity contribution >= 4 is 29.6 Å². The molecule has 13 nitrogen and oxygen atoms in total. The molecule has 0 heterocycles. The number of primary amides is 1. The molecular formula is C25H31N5O8. The molecule has 0 spiro atoms. The molecule has 0 aromatic heterocycles. The third-order valence-corrected chi connectivity index (χ3v) is 5.47. The van der Waals surface area contributed by atoms with Crippen LogP contribution in [0.25, 0.3) is 0 Å². The van der Waals surface area contributed by atoms with Crippen LogP contribution in [0.4, 0.5) is 0 Å². The Morgan fingerprint density at radius 1 is 0.763 bits per heavy atom. The van der Waals surface area contributed by atoms with Gasteiger partial charge in [0, 0.05) is 12.8 Å². The summed E-state index contributed by atoms with van der Waals surface area (Å²) in [5, 5.41) is 35.2. The van der Waals surface area contributed by atoms with Gasteiger partial charge in [-0.3, -0.25) is 19.2 Å². The third-order valence-electron chi connectivity index (χ3n) is 5.47. The number of nitrogens with two attached hydrogens (primary N) is 2. The Morgan fingerprint density at radius 2 is 1.29 bits per heavy atom. The van der Waals surface area contributed by atoms with Crippen LogP contribution in [-0.2, 0) is 36.8 Å². The summed E-state index contributed by atoms with van der Waals surface area (Å²) < 4.78 is 0. The maximum Gasteiger partial charge on any atom is 0.326 e. The van der Waals surface area contributed by atoms with Crippen molar-refractivity contribution < 1.29 is 39.3 Å². The molecule has 3 unspecified atom stereocenters. The first-order chi connectivity index (χ1) is 17.9. The van der Waals surface area contributed by atoms with Gasteiger partial charge in [-0.05, 0) is 48.2 Å². The summed E-state index contributed by atoms with van der Waals surface area (Å²) >= 11 is 0. The number of hydrogen-bond donors (Lipinski definition) is 8. The second kappa shape index (κ2) is 14.2. The highest BCUT2D eigenvalue weighted by Gasteiger charge is 2.26. The number of carbonyl (C=O) groups excluding carboxylic acids is 4. The number of carboxylic acids is 1. The fourth-order valence-electron chi connectivity index (χ4n) is 3.42. The first-order valence-corrected chi connectivity index (χ1v) is 11.6. The zero-order chi connectivity index (χ0) is 28.2. The van der Waals surface area contributed by atoms with Gasteiger partial charge < -0.3 is 42.7 Å². The van der Waals surface area contributed by atoms with Gasteiger partial charge in [-0.25, -0.2) is 4.79 Å². The van der Waals surface area contributed by atoms with Crippen molar-refractivity contribution in [1.82, 2.24) is 16.0 Å². The molecule has 2 aromatic rings. The first kappa shape index (κ1) is 29.6. The molecule has 2 aromatic carbocycles. The van der Waals surface area contributed by atoms with Gasteiger partial charge in [0.25, 0.3) is 0 Å². The summed E-state index contributed by atoms with van der Waals surface area (Å²) in [6.45, 7) is -0.597. The molecule has 2 rings (SSSR count). The van der Waals surface area contributed by atoms with Crippen LogP contribution in [0.1, 0.15) is 24.0 Å². The molecule has 38 heavy (non-hydrogen) atoms. The molecule has 0 aliphatic carbocycles. The number of carbonyl (C=O) groups is 5. The van der Waals surface area contributed by atoms with Crippen LogP contribution in [0.3, 0.4) is 0 Å². The molecule has 0 saturated carbocycles. The second-order valence-corrected chi connectivity index (χ2v) is 8.59. The van der Waals surface area contributed by atoms with Crippen molar-refractivity contribution in [3.05, 3.63) is 59.7 Å². The van der Waals surface area contributed by atoms with Crippen molar-refractivity contribution in [2.75, 3.05) is 6.54 Å². The number of amides is 4. The fraction of sp³-hybridized carbons (Fsp3) is 0.320. The lowest BCUT2D eigenvalue weighted by molar-refractivity contribution is -0.141. The SMILES string of the molecule is NC(=O)CCC(NC(=O)C(N)Cc1ccc(O)cc1)C(=O)NCC(=O)NC(Cc1ccc(O)cc1)C(=O)O. The van der Waals surface area contributed by atoms with Gasteiger partial charge in [0.2, 0.25) is 23.6 Å². The van der Waals surface area contributed by atoms with Crippen LogP contribution in [0.15, 0.2) is 48.5 Å². The number of nitrogens with one attached hydrogen (secondary N) is 3. The van der Waals surface area contributed by atoms with Gasteiger partial charge >= 0.3 is 5.97 Å². The van der Waals surface area contributed by atoms with Gasteiger partial charge in [0.1, 0.15) is 23.6 Å². The van der Waals surface area contributed by atoms with Crippen molar-refractivity contribution in [2.24, 2.45) is 11.5 Å². The molecule has 3 atom stereocenters. The molecule has 0 bridgehead atoms. The van der Waals surface area contributed by atoms with E-state index in [0.717, 1.165) is 0 Å². The van der Waals surface area contributed by atoms with E-state index in [1.807, 2.05) is 0 Å². The zero-order valence-electron chi connectivity index (χ0n) is 20.4. The van der Waals surface area contributed by atoms with Crippen LogP contribution < -0.4 is 27.4 Å². The van der Waals surface area contributed by atoms with E-state index in [1.165, 1.54) is 36.4 Å². The quantitative estimate of drug-likeness (QED) is 0.144. The smallest absolute Gasteiger partial charge is 0.326 e. The van der Waals surface area contributed by atoms with Gasteiger partial charge in [-0.1, -0.05) is 24.3 Å². The largest absolute Gasteiger partial charge is 0.508 e. The van der Waals surface area contributed by atoms with E-state index in [0.29, 0.717) is 11.1 Å². The Morgan fingerprint density at radius 3 is 1.79 bits per heavy atom. The molecule has 0 fully saturated rings. The lowest BCUT2D eigenvalue weighted by Crippen LogP contribution is -2.54.